The van der Waals surface area contributed by atoms with Crippen LogP contribution in [0.15, 0.2) is 12.1 Å². The van der Waals surface area contributed by atoms with Gasteiger partial charge in [0.25, 0.3) is 0 Å². The van der Waals surface area contributed by atoms with Gasteiger partial charge in [0.2, 0.25) is 0 Å². The van der Waals surface area contributed by atoms with Crippen molar-refractivity contribution in [3.8, 4) is 0 Å². The van der Waals surface area contributed by atoms with Crippen molar-refractivity contribution in [2.24, 2.45) is 0 Å². The second-order valence-corrected chi connectivity index (χ2v) is 3.50. The van der Waals surface area contributed by atoms with Crippen molar-refractivity contribution in [2.45, 2.75) is 12.8 Å². The van der Waals surface area contributed by atoms with E-state index in [1.165, 1.54) is 0 Å². The molecule has 4 heteroatoms. The zero-order valence-electron chi connectivity index (χ0n) is 6.95. The molecule has 0 heterocycles. The van der Waals surface area contributed by atoms with E-state index in [-0.39, 0.29) is 5.92 Å². The first-order valence-corrected chi connectivity index (χ1v) is 4.88. The molecule has 0 aliphatic carbocycles. The van der Waals surface area contributed by atoms with Gasteiger partial charge in [0.05, 0.1) is 0 Å². The summed E-state index contributed by atoms with van der Waals surface area (Å²) >= 11 is 3.18. The number of hydrogen-bond donors (Lipinski definition) is 0. The third kappa shape index (κ3) is 2.24. The fraction of sp³-hybridized carbons (Fsp3) is 0.333. The zero-order chi connectivity index (χ0) is 10.0. The minimum atomic E-state index is -1.41. The summed E-state index contributed by atoms with van der Waals surface area (Å²) in [5.74, 6) is -3.72. The van der Waals surface area contributed by atoms with Crippen molar-refractivity contribution in [1.82, 2.24) is 0 Å². The fourth-order valence-electron chi connectivity index (χ4n) is 0.949. The number of halogens is 4. The summed E-state index contributed by atoms with van der Waals surface area (Å²) in [7, 11) is 0. The summed E-state index contributed by atoms with van der Waals surface area (Å²) in [5, 5.41) is 0.581. The Morgan fingerprint density at radius 1 is 1.23 bits per heavy atom. The maximum atomic E-state index is 12.7. The minimum absolute atomic E-state index is 0.0374. The molecule has 13 heavy (non-hydrogen) atoms. The molecule has 0 aliphatic rings. The van der Waals surface area contributed by atoms with E-state index in [1.54, 1.807) is 6.92 Å². The van der Waals surface area contributed by atoms with Crippen LogP contribution < -0.4 is 0 Å². The molecule has 0 spiro atoms. The van der Waals surface area contributed by atoms with E-state index in [0.29, 0.717) is 10.9 Å². The van der Waals surface area contributed by atoms with Gasteiger partial charge < -0.3 is 0 Å². The monoisotopic (exact) mass is 252 g/mol. The van der Waals surface area contributed by atoms with E-state index in [2.05, 4.69) is 15.9 Å². The van der Waals surface area contributed by atoms with Crippen molar-refractivity contribution in [1.29, 1.82) is 0 Å². The fourth-order valence-corrected chi connectivity index (χ4v) is 1.32. The average Bonchev–Trinajstić information content (AvgIpc) is 2.12. The molecule has 1 unspecified atom stereocenters. The molecule has 1 aromatic carbocycles. The Balaban J connectivity index is 3.13. The predicted octanol–water partition coefficient (Wildman–Crippen LogP) is 3.60. The Bertz CT molecular complexity index is 289. The smallest absolute Gasteiger partial charge is 0.194 e. The minimum Gasteiger partial charge on any atom is -0.204 e. The standard InChI is InChI=1S/C9H8BrF3/c1-5(4-10)6-2-7(11)9(13)8(12)3-6/h2-3,5H,4H2,1H3. The summed E-state index contributed by atoms with van der Waals surface area (Å²) in [6, 6.07) is 2.04. The molecule has 0 radical (unpaired) electrons. The maximum absolute atomic E-state index is 12.7. The Kier molecular flexibility index (Phi) is 3.36. The highest BCUT2D eigenvalue weighted by Crippen LogP contribution is 2.21. The molecule has 1 aromatic rings. The van der Waals surface area contributed by atoms with E-state index in [9.17, 15) is 13.2 Å². The Morgan fingerprint density at radius 3 is 2.08 bits per heavy atom. The Labute approximate surface area is 82.9 Å². The van der Waals surface area contributed by atoms with Crippen molar-refractivity contribution in [3.63, 3.8) is 0 Å². The number of rotatable bonds is 2. The topological polar surface area (TPSA) is 0 Å². The molecule has 1 rings (SSSR count). The predicted molar refractivity (Wildman–Crippen MR) is 48.5 cm³/mol. The summed E-state index contributed by atoms with van der Waals surface area (Å²) < 4.78 is 37.9. The molecule has 72 valence electrons. The van der Waals surface area contributed by atoms with Crippen molar-refractivity contribution < 1.29 is 13.2 Å². The lowest BCUT2D eigenvalue weighted by atomic mass is 10.0. The third-order valence-corrected chi connectivity index (χ3v) is 2.78. The van der Waals surface area contributed by atoms with Gasteiger partial charge in [0.1, 0.15) is 0 Å². The summed E-state index contributed by atoms with van der Waals surface area (Å²) in [6.45, 7) is 1.79. The van der Waals surface area contributed by atoms with Gasteiger partial charge in [-0.15, -0.1) is 0 Å². The Morgan fingerprint density at radius 2 is 1.69 bits per heavy atom. The van der Waals surface area contributed by atoms with Crippen LogP contribution in [0.3, 0.4) is 0 Å². The Hall–Kier alpha value is -0.510. The van der Waals surface area contributed by atoms with E-state index in [1.807, 2.05) is 0 Å². The van der Waals surface area contributed by atoms with Crippen molar-refractivity contribution in [3.05, 3.63) is 35.1 Å². The number of alkyl halides is 1. The maximum Gasteiger partial charge on any atom is 0.194 e. The summed E-state index contributed by atoms with van der Waals surface area (Å²) in [4.78, 5) is 0. The molecule has 0 amide bonds. The van der Waals surface area contributed by atoms with E-state index in [0.717, 1.165) is 12.1 Å². The van der Waals surface area contributed by atoms with Gasteiger partial charge in [-0.2, -0.15) is 0 Å². The second-order valence-electron chi connectivity index (χ2n) is 2.85. The third-order valence-electron chi connectivity index (χ3n) is 1.81. The average molecular weight is 253 g/mol. The van der Waals surface area contributed by atoms with Crippen LogP contribution in [0, 0.1) is 17.5 Å². The van der Waals surface area contributed by atoms with Crippen LogP contribution in [0.4, 0.5) is 13.2 Å². The molecule has 0 saturated carbocycles. The number of benzene rings is 1. The molecule has 0 nitrogen and oxygen atoms in total. The first kappa shape index (κ1) is 10.6. The normalized spacial score (nSPS) is 13.0. The molecule has 0 aliphatic heterocycles. The van der Waals surface area contributed by atoms with Crippen LogP contribution in [0.1, 0.15) is 18.4 Å². The molecule has 0 saturated heterocycles. The van der Waals surface area contributed by atoms with Gasteiger partial charge in [-0.1, -0.05) is 22.9 Å². The highest BCUT2D eigenvalue weighted by atomic mass is 79.9. The van der Waals surface area contributed by atoms with E-state index in [4.69, 9.17) is 0 Å². The van der Waals surface area contributed by atoms with Crippen molar-refractivity contribution in [2.75, 3.05) is 5.33 Å². The lowest BCUT2D eigenvalue weighted by Gasteiger charge is -2.08. The molecular weight excluding hydrogens is 245 g/mol. The number of hydrogen-bond acceptors (Lipinski definition) is 0. The van der Waals surface area contributed by atoms with Gasteiger partial charge in [-0.05, 0) is 23.6 Å². The molecule has 0 bridgehead atoms. The van der Waals surface area contributed by atoms with Crippen LogP contribution in [0.25, 0.3) is 0 Å². The van der Waals surface area contributed by atoms with Gasteiger partial charge in [-0.25, -0.2) is 13.2 Å². The van der Waals surface area contributed by atoms with Crippen LogP contribution in [-0.2, 0) is 0 Å². The largest absolute Gasteiger partial charge is 0.204 e. The quantitative estimate of drug-likeness (QED) is 0.558. The molecule has 0 aromatic heterocycles. The van der Waals surface area contributed by atoms with Gasteiger partial charge in [-0.3, -0.25) is 0 Å². The van der Waals surface area contributed by atoms with E-state index < -0.39 is 17.5 Å². The molecular formula is C9H8BrF3. The van der Waals surface area contributed by atoms with Crippen LogP contribution in [0.5, 0.6) is 0 Å². The highest BCUT2D eigenvalue weighted by Gasteiger charge is 2.13. The zero-order valence-corrected chi connectivity index (χ0v) is 8.54. The van der Waals surface area contributed by atoms with Crippen molar-refractivity contribution >= 4 is 15.9 Å². The molecule has 0 N–H and O–H groups in total. The highest BCUT2D eigenvalue weighted by molar-refractivity contribution is 9.09. The van der Waals surface area contributed by atoms with Gasteiger partial charge in [0, 0.05) is 5.33 Å². The van der Waals surface area contributed by atoms with Crippen LogP contribution in [0.2, 0.25) is 0 Å². The van der Waals surface area contributed by atoms with Crippen LogP contribution >= 0.6 is 15.9 Å². The van der Waals surface area contributed by atoms with Crippen LogP contribution in [-0.4, -0.2) is 5.33 Å². The lowest BCUT2D eigenvalue weighted by molar-refractivity contribution is 0.444. The van der Waals surface area contributed by atoms with Gasteiger partial charge in [0.15, 0.2) is 17.5 Å². The summed E-state index contributed by atoms with van der Waals surface area (Å²) in [6.07, 6.45) is 0. The summed E-state index contributed by atoms with van der Waals surface area (Å²) in [5.41, 5.74) is 0.452. The first-order chi connectivity index (χ1) is 6.06. The van der Waals surface area contributed by atoms with E-state index >= 15 is 0 Å². The SMILES string of the molecule is CC(CBr)c1cc(F)c(F)c(F)c1. The van der Waals surface area contributed by atoms with Gasteiger partial charge >= 0.3 is 0 Å². The lowest BCUT2D eigenvalue weighted by Crippen LogP contribution is -1.99. The second kappa shape index (κ2) is 4.13. The first-order valence-electron chi connectivity index (χ1n) is 3.76. The molecule has 1 atom stereocenters. The molecule has 0 fully saturated rings.